The summed E-state index contributed by atoms with van der Waals surface area (Å²) in [5, 5.41) is 0. The molecule has 0 fully saturated rings. The van der Waals surface area contributed by atoms with E-state index in [1.807, 2.05) is 38.6 Å². The molecule has 2 nitrogen and oxygen atoms in total. The predicted octanol–water partition coefficient (Wildman–Crippen LogP) is 2.74. The third-order valence-corrected chi connectivity index (χ3v) is 2.30. The fraction of sp³-hybridized carbons (Fsp3) is 0.818. The zero-order valence-electron chi connectivity index (χ0n) is 9.54. The summed E-state index contributed by atoms with van der Waals surface area (Å²) in [5.74, 6) is 2.03. The van der Waals surface area contributed by atoms with Gasteiger partial charge in [0.05, 0.1) is 25.4 Å². The molecule has 0 rings (SSSR count). The van der Waals surface area contributed by atoms with Crippen molar-refractivity contribution in [1.82, 2.24) is 0 Å². The number of ether oxygens (including phenoxy) is 2. The lowest BCUT2D eigenvalue weighted by Gasteiger charge is -2.19. The normalized spacial score (nSPS) is 11.6. The summed E-state index contributed by atoms with van der Waals surface area (Å²) in [6.45, 7) is 12.0. The lowest BCUT2D eigenvalue weighted by molar-refractivity contribution is -0.0328. The SMILES string of the molecule is C=CCSCCOCCOC(C)(C)C. The molecule has 0 aromatic rings. The molecule has 0 aromatic heterocycles. The zero-order chi connectivity index (χ0) is 10.9. The molecule has 0 atom stereocenters. The third-order valence-electron chi connectivity index (χ3n) is 1.37. The first-order valence-corrected chi connectivity index (χ1v) is 6.12. The first-order valence-electron chi connectivity index (χ1n) is 4.96. The molecule has 84 valence electrons. The van der Waals surface area contributed by atoms with Gasteiger partial charge in [0.2, 0.25) is 0 Å². The van der Waals surface area contributed by atoms with E-state index in [4.69, 9.17) is 9.47 Å². The molecule has 0 heterocycles. The molecule has 0 N–H and O–H groups in total. The molecule has 0 aliphatic heterocycles. The number of hydrogen-bond donors (Lipinski definition) is 0. The van der Waals surface area contributed by atoms with Gasteiger partial charge in [0.25, 0.3) is 0 Å². The van der Waals surface area contributed by atoms with Gasteiger partial charge in [-0.3, -0.25) is 0 Å². The Kier molecular flexibility index (Phi) is 8.34. The van der Waals surface area contributed by atoms with Crippen LogP contribution < -0.4 is 0 Å². The van der Waals surface area contributed by atoms with E-state index in [1.54, 1.807) is 0 Å². The van der Waals surface area contributed by atoms with Crippen LogP contribution in [0.15, 0.2) is 12.7 Å². The standard InChI is InChI=1S/C11H22O2S/c1-5-9-14-10-8-12-6-7-13-11(2,3)4/h5H,1,6-10H2,2-4H3. The average molecular weight is 218 g/mol. The van der Waals surface area contributed by atoms with Crippen LogP contribution in [-0.4, -0.2) is 36.9 Å². The number of thioether (sulfide) groups is 1. The Morgan fingerprint density at radius 2 is 1.93 bits per heavy atom. The van der Waals surface area contributed by atoms with E-state index in [9.17, 15) is 0 Å². The van der Waals surface area contributed by atoms with Gasteiger partial charge >= 0.3 is 0 Å². The van der Waals surface area contributed by atoms with Crippen molar-refractivity contribution >= 4 is 11.8 Å². The molecule has 0 aliphatic carbocycles. The molecule has 0 saturated heterocycles. The molecule has 0 unspecified atom stereocenters. The van der Waals surface area contributed by atoms with E-state index in [0.29, 0.717) is 13.2 Å². The second-order valence-corrected chi connectivity index (χ2v) is 5.09. The fourth-order valence-corrected chi connectivity index (χ4v) is 1.36. The topological polar surface area (TPSA) is 18.5 Å². The monoisotopic (exact) mass is 218 g/mol. The molecule has 0 aromatic carbocycles. The molecule has 0 bridgehead atoms. The fourth-order valence-electron chi connectivity index (χ4n) is 0.793. The zero-order valence-corrected chi connectivity index (χ0v) is 10.4. The molecular formula is C11H22O2S. The molecule has 0 radical (unpaired) electrons. The van der Waals surface area contributed by atoms with Gasteiger partial charge in [-0.15, -0.1) is 6.58 Å². The van der Waals surface area contributed by atoms with Crippen molar-refractivity contribution < 1.29 is 9.47 Å². The Morgan fingerprint density at radius 1 is 1.21 bits per heavy atom. The summed E-state index contributed by atoms with van der Waals surface area (Å²) in [5.41, 5.74) is -0.0546. The third kappa shape index (κ3) is 12.0. The van der Waals surface area contributed by atoms with Crippen LogP contribution in [-0.2, 0) is 9.47 Å². The second-order valence-electron chi connectivity index (χ2n) is 3.94. The minimum absolute atomic E-state index is 0.0546. The van der Waals surface area contributed by atoms with Crippen LogP contribution in [0.1, 0.15) is 20.8 Å². The van der Waals surface area contributed by atoms with Gasteiger partial charge in [0.15, 0.2) is 0 Å². The van der Waals surface area contributed by atoms with Gasteiger partial charge in [-0.25, -0.2) is 0 Å². The van der Waals surface area contributed by atoms with E-state index in [-0.39, 0.29) is 5.60 Å². The summed E-state index contributed by atoms with van der Waals surface area (Å²) < 4.78 is 10.9. The van der Waals surface area contributed by atoms with Crippen molar-refractivity contribution in [3.05, 3.63) is 12.7 Å². The summed E-state index contributed by atoms with van der Waals surface area (Å²) in [6.07, 6.45) is 1.91. The Labute approximate surface area is 92.0 Å². The van der Waals surface area contributed by atoms with Crippen molar-refractivity contribution in [2.45, 2.75) is 26.4 Å². The highest BCUT2D eigenvalue weighted by Crippen LogP contribution is 2.05. The lowest BCUT2D eigenvalue weighted by Crippen LogP contribution is -2.22. The Hall–Kier alpha value is 0.01000. The maximum absolute atomic E-state index is 5.51. The highest BCUT2D eigenvalue weighted by Gasteiger charge is 2.08. The largest absolute Gasteiger partial charge is 0.378 e. The van der Waals surface area contributed by atoms with Gasteiger partial charge in [-0.05, 0) is 20.8 Å². The van der Waals surface area contributed by atoms with Crippen LogP contribution >= 0.6 is 11.8 Å². The first kappa shape index (κ1) is 14.0. The molecular weight excluding hydrogens is 196 g/mol. The van der Waals surface area contributed by atoms with Crippen LogP contribution in [0.5, 0.6) is 0 Å². The second kappa shape index (κ2) is 8.33. The highest BCUT2D eigenvalue weighted by atomic mass is 32.2. The number of rotatable bonds is 8. The van der Waals surface area contributed by atoms with Gasteiger partial charge < -0.3 is 9.47 Å². The van der Waals surface area contributed by atoms with E-state index < -0.39 is 0 Å². The average Bonchev–Trinajstić information content (AvgIpc) is 2.08. The molecule has 0 saturated carbocycles. The van der Waals surface area contributed by atoms with E-state index in [1.165, 1.54) is 0 Å². The number of hydrogen-bond acceptors (Lipinski definition) is 3. The van der Waals surface area contributed by atoms with Crippen LogP contribution in [0.4, 0.5) is 0 Å². The van der Waals surface area contributed by atoms with Crippen molar-refractivity contribution in [1.29, 1.82) is 0 Å². The highest BCUT2D eigenvalue weighted by molar-refractivity contribution is 7.99. The molecule has 3 heteroatoms. The molecule has 0 aliphatic rings. The Balaban J connectivity index is 3.03. The van der Waals surface area contributed by atoms with Gasteiger partial charge in [-0.2, -0.15) is 11.8 Å². The summed E-state index contributed by atoms with van der Waals surface area (Å²) >= 11 is 1.83. The van der Waals surface area contributed by atoms with Crippen LogP contribution in [0.3, 0.4) is 0 Å². The van der Waals surface area contributed by atoms with E-state index in [0.717, 1.165) is 18.1 Å². The van der Waals surface area contributed by atoms with Gasteiger partial charge in [0, 0.05) is 11.5 Å². The summed E-state index contributed by atoms with van der Waals surface area (Å²) in [7, 11) is 0. The van der Waals surface area contributed by atoms with Crippen LogP contribution in [0.2, 0.25) is 0 Å². The lowest BCUT2D eigenvalue weighted by atomic mass is 10.2. The van der Waals surface area contributed by atoms with Crippen molar-refractivity contribution in [2.75, 3.05) is 31.3 Å². The van der Waals surface area contributed by atoms with Crippen molar-refractivity contribution in [3.8, 4) is 0 Å². The van der Waals surface area contributed by atoms with Gasteiger partial charge in [-0.1, -0.05) is 6.08 Å². The Morgan fingerprint density at radius 3 is 2.50 bits per heavy atom. The minimum atomic E-state index is -0.0546. The van der Waals surface area contributed by atoms with Crippen LogP contribution in [0.25, 0.3) is 0 Å². The predicted molar refractivity (Wildman–Crippen MR) is 64.0 cm³/mol. The molecule has 0 spiro atoms. The quantitative estimate of drug-likeness (QED) is 0.461. The van der Waals surface area contributed by atoms with Crippen molar-refractivity contribution in [2.24, 2.45) is 0 Å². The van der Waals surface area contributed by atoms with E-state index in [2.05, 4.69) is 6.58 Å². The smallest absolute Gasteiger partial charge is 0.0707 e. The van der Waals surface area contributed by atoms with Crippen molar-refractivity contribution in [3.63, 3.8) is 0 Å². The maximum atomic E-state index is 5.51. The first-order chi connectivity index (χ1) is 6.56. The maximum Gasteiger partial charge on any atom is 0.0707 e. The molecule has 14 heavy (non-hydrogen) atoms. The summed E-state index contributed by atoms with van der Waals surface area (Å²) in [6, 6.07) is 0. The minimum Gasteiger partial charge on any atom is -0.378 e. The summed E-state index contributed by atoms with van der Waals surface area (Å²) in [4.78, 5) is 0. The van der Waals surface area contributed by atoms with E-state index >= 15 is 0 Å². The molecule has 0 amide bonds. The van der Waals surface area contributed by atoms with Crippen LogP contribution in [0, 0.1) is 0 Å². The Bertz CT molecular complexity index is 141. The van der Waals surface area contributed by atoms with Gasteiger partial charge in [0.1, 0.15) is 0 Å².